The molecule has 2 heterocycles. The second-order valence-corrected chi connectivity index (χ2v) is 9.03. The van der Waals surface area contributed by atoms with Crippen molar-refractivity contribution in [3.63, 3.8) is 0 Å². The normalized spacial score (nSPS) is 21.0. The Bertz CT molecular complexity index is 834. The van der Waals surface area contributed by atoms with Crippen LogP contribution in [0, 0.1) is 12.3 Å². The van der Waals surface area contributed by atoms with Gasteiger partial charge in [-0.1, -0.05) is 30.3 Å². The molecule has 2 amide bonds. The van der Waals surface area contributed by atoms with E-state index < -0.39 is 20.5 Å². The van der Waals surface area contributed by atoms with E-state index in [2.05, 4.69) is 5.92 Å². The van der Waals surface area contributed by atoms with Crippen LogP contribution >= 0.6 is 0 Å². The maximum atomic E-state index is 12.8. The average Bonchev–Trinajstić information content (AvgIpc) is 2.81. The fraction of sp³-hybridized carbons (Fsp3) is 0.474. The molecule has 3 rings (SSSR count). The fourth-order valence-corrected chi connectivity index (χ4v) is 5.85. The van der Waals surface area contributed by atoms with Gasteiger partial charge in [0.1, 0.15) is 10.6 Å². The van der Waals surface area contributed by atoms with E-state index in [1.165, 1.54) is 4.90 Å². The highest BCUT2D eigenvalue weighted by molar-refractivity contribution is 7.93. The van der Waals surface area contributed by atoms with E-state index >= 15 is 0 Å². The number of carbonyl (C=O) groups is 2. The van der Waals surface area contributed by atoms with Crippen molar-refractivity contribution in [3.05, 3.63) is 35.9 Å². The van der Waals surface area contributed by atoms with Crippen LogP contribution in [0.15, 0.2) is 30.3 Å². The summed E-state index contributed by atoms with van der Waals surface area (Å²) in [6.07, 6.45) is 6.33. The Morgan fingerprint density at radius 2 is 1.85 bits per heavy atom. The topological polar surface area (TPSA) is 74.8 Å². The zero-order chi connectivity index (χ0) is 18.8. The lowest BCUT2D eigenvalue weighted by molar-refractivity contribution is -0.135. The third kappa shape index (κ3) is 3.21. The van der Waals surface area contributed by atoms with Gasteiger partial charge in [-0.25, -0.2) is 8.42 Å². The first-order valence-corrected chi connectivity index (χ1v) is 10.3. The molecule has 0 N–H and O–H groups in total. The lowest BCUT2D eigenvalue weighted by Crippen LogP contribution is -2.56. The van der Waals surface area contributed by atoms with Gasteiger partial charge in [0.05, 0.1) is 0 Å². The van der Waals surface area contributed by atoms with Gasteiger partial charge >= 0.3 is 0 Å². The minimum Gasteiger partial charge on any atom is -0.342 e. The second-order valence-electron chi connectivity index (χ2n) is 6.76. The van der Waals surface area contributed by atoms with Crippen molar-refractivity contribution in [2.75, 3.05) is 18.8 Å². The first-order chi connectivity index (χ1) is 12.4. The fourth-order valence-electron chi connectivity index (χ4n) is 3.79. The molecule has 2 fully saturated rings. The first-order valence-electron chi connectivity index (χ1n) is 8.67. The van der Waals surface area contributed by atoms with E-state index in [-0.39, 0.29) is 37.6 Å². The summed E-state index contributed by atoms with van der Waals surface area (Å²) in [5, 5.41) is 0. The molecular weight excluding hydrogens is 352 g/mol. The molecule has 2 aliphatic heterocycles. The van der Waals surface area contributed by atoms with Gasteiger partial charge in [-0.2, -0.15) is 0 Å². The maximum Gasteiger partial charge on any atom is 0.239 e. The maximum absolute atomic E-state index is 12.8. The molecule has 0 bridgehead atoms. The zero-order valence-corrected chi connectivity index (χ0v) is 15.4. The molecular formula is C19H22N2O4S. The minimum absolute atomic E-state index is 0.0610. The monoisotopic (exact) mass is 374 g/mol. The molecule has 26 heavy (non-hydrogen) atoms. The summed E-state index contributed by atoms with van der Waals surface area (Å²) in [7, 11) is -3.59. The molecule has 1 aromatic rings. The smallest absolute Gasteiger partial charge is 0.239 e. The molecule has 138 valence electrons. The predicted molar refractivity (Wildman–Crippen MR) is 97.4 cm³/mol. The number of carbonyl (C=O) groups excluding carboxylic acids is 2. The van der Waals surface area contributed by atoms with E-state index in [9.17, 15) is 18.0 Å². The minimum atomic E-state index is -3.59. The van der Waals surface area contributed by atoms with Gasteiger partial charge in [-0.15, -0.1) is 12.3 Å². The molecule has 0 atom stereocenters. The molecule has 0 saturated carbocycles. The largest absolute Gasteiger partial charge is 0.342 e. The van der Waals surface area contributed by atoms with Gasteiger partial charge in [-0.3, -0.25) is 9.59 Å². The Labute approximate surface area is 154 Å². The van der Waals surface area contributed by atoms with Crippen LogP contribution in [0.4, 0.5) is 0 Å². The molecule has 6 nitrogen and oxygen atoms in total. The van der Waals surface area contributed by atoms with Crippen LogP contribution in [0.1, 0.15) is 31.2 Å². The summed E-state index contributed by atoms with van der Waals surface area (Å²) in [5.74, 6) is 1.57. The van der Waals surface area contributed by atoms with Crippen LogP contribution in [0.3, 0.4) is 0 Å². The zero-order valence-electron chi connectivity index (χ0n) is 14.6. The number of hydrogen-bond donors (Lipinski definition) is 0. The van der Waals surface area contributed by atoms with E-state index in [1.54, 1.807) is 4.90 Å². The predicted octanol–water partition coefficient (Wildman–Crippen LogP) is 1.18. The number of hydrogen-bond acceptors (Lipinski definition) is 4. The van der Waals surface area contributed by atoms with Crippen molar-refractivity contribution in [2.45, 2.75) is 37.1 Å². The third-order valence-corrected chi connectivity index (χ3v) is 7.66. The van der Waals surface area contributed by atoms with Crippen molar-refractivity contribution in [1.82, 2.24) is 9.80 Å². The van der Waals surface area contributed by atoms with Gasteiger partial charge in [-0.05, 0) is 5.56 Å². The Hall–Kier alpha value is -2.33. The van der Waals surface area contributed by atoms with Gasteiger partial charge in [0, 0.05) is 45.3 Å². The van der Waals surface area contributed by atoms with Crippen LogP contribution in [0.5, 0.6) is 0 Å². The Morgan fingerprint density at radius 3 is 2.46 bits per heavy atom. The third-order valence-electron chi connectivity index (χ3n) is 5.25. The van der Waals surface area contributed by atoms with Crippen molar-refractivity contribution in [1.29, 1.82) is 0 Å². The summed E-state index contributed by atoms with van der Waals surface area (Å²) in [6, 6.07) is 9.37. The lowest BCUT2D eigenvalue weighted by atomic mass is 10.0. The number of piperidine rings is 1. The highest BCUT2D eigenvalue weighted by Gasteiger charge is 2.58. The quantitative estimate of drug-likeness (QED) is 0.742. The highest BCUT2D eigenvalue weighted by atomic mass is 32.2. The molecule has 2 aliphatic rings. The number of sulfone groups is 1. The molecule has 0 radical (unpaired) electrons. The lowest BCUT2D eigenvalue weighted by Gasteiger charge is -2.43. The van der Waals surface area contributed by atoms with Gasteiger partial charge in [0.2, 0.25) is 11.8 Å². The molecule has 2 saturated heterocycles. The number of amides is 2. The summed E-state index contributed by atoms with van der Waals surface area (Å²) in [4.78, 5) is 26.6. The number of terminal acetylenes is 1. The number of benzene rings is 1. The van der Waals surface area contributed by atoms with E-state index in [4.69, 9.17) is 6.42 Å². The van der Waals surface area contributed by atoms with Crippen LogP contribution in [-0.2, 0) is 26.0 Å². The van der Waals surface area contributed by atoms with Crippen molar-refractivity contribution in [3.8, 4) is 12.3 Å². The summed E-state index contributed by atoms with van der Waals surface area (Å²) >= 11 is 0. The van der Waals surface area contributed by atoms with E-state index in [0.717, 1.165) is 5.56 Å². The van der Waals surface area contributed by atoms with Crippen LogP contribution < -0.4 is 0 Å². The SMILES string of the molecule is C#CCCC(=O)N1CCC2(CC1)N(Cc1ccccc1)C(=O)CS2(=O)=O. The van der Waals surface area contributed by atoms with Crippen LogP contribution in [0.2, 0.25) is 0 Å². The Morgan fingerprint density at radius 1 is 1.19 bits per heavy atom. The Balaban J connectivity index is 1.80. The van der Waals surface area contributed by atoms with Crippen LogP contribution in [-0.4, -0.2) is 53.7 Å². The molecule has 0 aromatic heterocycles. The summed E-state index contributed by atoms with van der Waals surface area (Å²) in [5.41, 5.74) is 0.893. The summed E-state index contributed by atoms with van der Waals surface area (Å²) < 4.78 is 25.6. The van der Waals surface area contributed by atoms with Gasteiger partial charge in [0.15, 0.2) is 9.84 Å². The number of nitrogens with zero attached hydrogens (tertiary/aromatic N) is 2. The second kappa shape index (κ2) is 7.12. The Kier molecular flexibility index (Phi) is 5.05. The molecule has 1 aromatic carbocycles. The summed E-state index contributed by atoms with van der Waals surface area (Å²) in [6.45, 7) is 0.909. The molecule has 0 unspecified atom stereocenters. The molecule has 0 aliphatic carbocycles. The van der Waals surface area contributed by atoms with E-state index in [1.807, 2.05) is 30.3 Å². The van der Waals surface area contributed by atoms with Gasteiger partial charge < -0.3 is 9.80 Å². The van der Waals surface area contributed by atoms with Crippen molar-refractivity contribution >= 4 is 21.7 Å². The number of rotatable bonds is 4. The van der Waals surface area contributed by atoms with Crippen molar-refractivity contribution in [2.24, 2.45) is 0 Å². The first kappa shape index (κ1) is 18.5. The van der Waals surface area contributed by atoms with E-state index in [0.29, 0.717) is 19.5 Å². The van der Waals surface area contributed by atoms with Crippen LogP contribution in [0.25, 0.3) is 0 Å². The molecule has 1 spiro atoms. The molecule has 7 heteroatoms. The highest BCUT2D eigenvalue weighted by Crippen LogP contribution is 2.40. The van der Waals surface area contributed by atoms with Gasteiger partial charge in [0.25, 0.3) is 0 Å². The number of likely N-dealkylation sites (tertiary alicyclic amines) is 1. The average molecular weight is 374 g/mol. The van der Waals surface area contributed by atoms with Crippen molar-refractivity contribution < 1.29 is 18.0 Å². The standard InChI is InChI=1S/C19H22N2O4S/c1-2-3-9-17(22)20-12-10-19(11-13-20)21(18(23)15-26(19,24)25)14-16-7-5-4-6-8-16/h1,4-8H,3,9-15H2.